The summed E-state index contributed by atoms with van der Waals surface area (Å²) in [7, 11) is -0.318. The van der Waals surface area contributed by atoms with Crippen LogP contribution in [-0.2, 0) is 15.9 Å². The van der Waals surface area contributed by atoms with Gasteiger partial charge in [-0.3, -0.25) is 9.88 Å². The van der Waals surface area contributed by atoms with Crippen molar-refractivity contribution in [3.8, 4) is 0 Å². The minimum absolute atomic E-state index is 0.301. The molecule has 1 aromatic heterocycles. The van der Waals surface area contributed by atoms with E-state index in [1.165, 1.54) is 32.4 Å². The van der Waals surface area contributed by atoms with Gasteiger partial charge in [0.15, 0.2) is 0 Å². The lowest BCUT2D eigenvalue weighted by Gasteiger charge is -2.32. The molecular weight excluding hydrogens is 275 g/mol. The summed E-state index contributed by atoms with van der Waals surface area (Å²) >= 11 is 0. The molecule has 4 nitrogen and oxygen atoms in total. The van der Waals surface area contributed by atoms with Crippen LogP contribution >= 0.6 is 0 Å². The van der Waals surface area contributed by atoms with Crippen molar-refractivity contribution in [1.29, 1.82) is 0 Å². The number of hydrogen-bond donors (Lipinski definition) is 0. The van der Waals surface area contributed by atoms with Gasteiger partial charge >= 0.3 is 7.12 Å². The second-order valence-corrected chi connectivity index (χ2v) is 7.51. The molecule has 0 bridgehead atoms. The molecule has 0 radical (unpaired) electrons. The lowest BCUT2D eigenvalue weighted by atomic mass is 9.80. The van der Waals surface area contributed by atoms with Gasteiger partial charge in [0.2, 0.25) is 0 Å². The fraction of sp³-hybridized carbons (Fsp3) is 0.706. The van der Waals surface area contributed by atoms with Gasteiger partial charge in [0, 0.05) is 18.2 Å². The predicted molar refractivity (Wildman–Crippen MR) is 89.1 cm³/mol. The third-order valence-electron chi connectivity index (χ3n) is 5.21. The molecule has 0 aliphatic carbocycles. The van der Waals surface area contributed by atoms with Crippen molar-refractivity contribution in [1.82, 2.24) is 9.88 Å². The summed E-state index contributed by atoms with van der Waals surface area (Å²) in [6.45, 7) is 11.6. The lowest BCUT2D eigenvalue weighted by molar-refractivity contribution is 0.00578. The molecular formula is C17H27BN2O2. The molecule has 22 heavy (non-hydrogen) atoms. The molecule has 0 aromatic carbocycles. The van der Waals surface area contributed by atoms with E-state index in [2.05, 4.69) is 49.7 Å². The van der Waals surface area contributed by atoms with Gasteiger partial charge in [-0.1, -0.05) is 12.5 Å². The topological polar surface area (TPSA) is 34.6 Å². The Morgan fingerprint density at radius 2 is 1.68 bits per heavy atom. The molecule has 0 atom stereocenters. The first kappa shape index (κ1) is 16.0. The maximum absolute atomic E-state index is 6.07. The second kappa shape index (κ2) is 5.95. The molecule has 2 saturated heterocycles. The highest BCUT2D eigenvalue weighted by atomic mass is 16.7. The molecule has 0 unspecified atom stereocenters. The summed E-state index contributed by atoms with van der Waals surface area (Å²) in [5.41, 5.74) is 1.53. The maximum Gasteiger partial charge on any atom is 0.496 e. The fourth-order valence-corrected chi connectivity index (χ4v) is 2.99. The highest BCUT2D eigenvalue weighted by Gasteiger charge is 2.51. The van der Waals surface area contributed by atoms with E-state index in [4.69, 9.17) is 9.31 Å². The quantitative estimate of drug-likeness (QED) is 0.803. The Labute approximate surface area is 134 Å². The van der Waals surface area contributed by atoms with Gasteiger partial charge in [0.05, 0.1) is 16.9 Å². The Bertz CT molecular complexity index is 494. The Hall–Kier alpha value is -0.905. The highest BCUT2D eigenvalue weighted by Crippen LogP contribution is 2.36. The van der Waals surface area contributed by atoms with Crippen molar-refractivity contribution in [2.24, 2.45) is 0 Å². The minimum Gasteiger partial charge on any atom is -0.399 e. The molecule has 2 fully saturated rings. The average Bonchev–Trinajstić information content (AvgIpc) is 2.69. The summed E-state index contributed by atoms with van der Waals surface area (Å²) in [5, 5.41) is 0. The van der Waals surface area contributed by atoms with Crippen molar-refractivity contribution in [3.05, 3.63) is 24.0 Å². The van der Waals surface area contributed by atoms with Crippen LogP contribution in [0, 0.1) is 0 Å². The summed E-state index contributed by atoms with van der Waals surface area (Å²) in [6, 6.07) is 4.20. The van der Waals surface area contributed by atoms with E-state index in [0.29, 0.717) is 0 Å². The van der Waals surface area contributed by atoms with Crippen LogP contribution in [0.15, 0.2) is 18.3 Å². The predicted octanol–water partition coefficient (Wildman–Crippen LogP) is 2.37. The second-order valence-electron chi connectivity index (χ2n) is 7.51. The normalized spacial score (nSPS) is 24.6. The first-order valence-corrected chi connectivity index (χ1v) is 8.40. The van der Waals surface area contributed by atoms with Crippen LogP contribution in [0.25, 0.3) is 0 Å². The van der Waals surface area contributed by atoms with Crippen molar-refractivity contribution in [3.63, 3.8) is 0 Å². The zero-order valence-corrected chi connectivity index (χ0v) is 14.3. The maximum atomic E-state index is 6.07. The van der Waals surface area contributed by atoms with Gasteiger partial charge in [-0.15, -0.1) is 0 Å². The smallest absolute Gasteiger partial charge is 0.399 e. The van der Waals surface area contributed by atoms with E-state index >= 15 is 0 Å². The monoisotopic (exact) mass is 302 g/mol. The third kappa shape index (κ3) is 3.22. The standard InChI is InChI=1S/C17H27BN2O2/c1-16(2)17(3,4)22-18(21-16)14-8-9-15(19-12-14)13-20-10-6-5-7-11-20/h8-9,12H,5-7,10-11,13H2,1-4H3. The number of likely N-dealkylation sites (tertiary alicyclic amines) is 1. The summed E-state index contributed by atoms with van der Waals surface area (Å²) in [6.07, 6.45) is 5.89. The van der Waals surface area contributed by atoms with Crippen LogP contribution in [0.1, 0.15) is 52.7 Å². The number of rotatable bonds is 3. The van der Waals surface area contributed by atoms with E-state index in [-0.39, 0.29) is 18.3 Å². The van der Waals surface area contributed by atoms with Crippen molar-refractivity contribution >= 4 is 12.6 Å². The van der Waals surface area contributed by atoms with Crippen molar-refractivity contribution in [2.75, 3.05) is 13.1 Å². The molecule has 5 heteroatoms. The van der Waals surface area contributed by atoms with E-state index in [9.17, 15) is 0 Å². The number of aromatic nitrogens is 1. The van der Waals surface area contributed by atoms with Crippen LogP contribution < -0.4 is 5.46 Å². The van der Waals surface area contributed by atoms with Crippen LogP contribution in [-0.4, -0.2) is 41.3 Å². The number of hydrogen-bond acceptors (Lipinski definition) is 4. The fourth-order valence-electron chi connectivity index (χ4n) is 2.99. The van der Waals surface area contributed by atoms with Gasteiger partial charge in [-0.2, -0.15) is 0 Å². The van der Waals surface area contributed by atoms with E-state index in [0.717, 1.165) is 17.7 Å². The third-order valence-corrected chi connectivity index (χ3v) is 5.21. The van der Waals surface area contributed by atoms with Gasteiger partial charge in [0.1, 0.15) is 0 Å². The Kier molecular flexibility index (Phi) is 4.32. The van der Waals surface area contributed by atoms with Crippen LogP contribution in [0.2, 0.25) is 0 Å². The molecule has 0 N–H and O–H groups in total. The van der Waals surface area contributed by atoms with Crippen LogP contribution in [0.4, 0.5) is 0 Å². The summed E-state index contributed by atoms with van der Waals surface area (Å²) < 4.78 is 12.1. The SMILES string of the molecule is CC1(C)OB(c2ccc(CN3CCCCC3)nc2)OC1(C)C. The zero-order chi connectivity index (χ0) is 15.8. The highest BCUT2D eigenvalue weighted by molar-refractivity contribution is 6.62. The Morgan fingerprint density at radius 3 is 2.23 bits per heavy atom. The molecule has 0 spiro atoms. The Balaban J connectivity index is 1.65. The van der Waals surface area contributed by atoms with E-state index in [1.807, 2.05) is 6.20 Å². The van der Waals surface area contributed by atoms with Gasteiger partial charge in [-0.05, 0) is 59.7 Å². The molecule has 2 aliphatic heterocycles. The average molecular weight is 302 g/mol. The van der Waals surface area contributed by atoms with Crippen molar-refractivity contribution < 1.29 is 9.31 Å². The number of piperidine rings is 1. The summed E-state index contributed by atoms with van der Waals surface area (Å²) in [5.74, 6) is 0. The molecule has 0 amide bonds. The zero-order valence-electron chi connectivity index (χ0n) is 14.3. The molecule has 1 aromatic rings. The lowest BCUT2D eigenvalue weighted by Crippen LogP contribution is -2.41. The number of nitrogens with zero attached hydrogens (tertiary/aromatic N) is 2. The van der Waals surface area contributed by atoms with Gasteiger partial charge in [-0.25, -0.2) is 0 Å². The first-order valence-electron chi connectivity index (χ1n) is 8.40. The van der Waals surface area contributed by atoms with Crippen LogP contribution in [0.5, 0.6) is 0 Å². The largest absolute Gasteiger partial charge is 0.496 e. The van der Waals surface area contributed by atoms with Gasteiger partial charge in [0.25, 0.3) is 0 Å². The Morgan fingerprint density at radius 1 is 1.05 bits per heavy atom. The van der Waals surface area contributed by atoms with E-state index in [1.54, 1.807) is 0 Å². The van der Waals surface area contributed by atoms with E-state index < -0.39 is 0 Å². The molecule has 120 valence electrons. The number of pyridine rings is 1. The first-order chi connectivity index (χ1) is 10.4. The van der Waals surface area contributed by atoms with Crippen molar-refractivity contribution in [2.45, 2.75) is 64.7 Å². The molecule has 3 rings (SSSR count). The molecule has 0 saturated carbocycles. The minimum atomic E-state index is -0.318. The van der Waals surface area contributed by atoms with Gasteiger partial charge < -0.3 is 9.31 Å². The molecule has 2 aliphatic rings. The molecule has 3 heterocycles. The van der Waals surface area contributed by atoms with Crippen LogP contribution in [0.3, 0.4) is 0 Å². The summed E-state index contributed by atoms with van der Waals surface area (Å²) in [4.78, 5) is 7.10.